The number of nitrogens with one attached hydrogen (secondary N) is 1. The van der Waals surface area contributed by atoms with Gasteiger partial charge in [0.25, 0.3) is 0 Å². The quantitative estimate of drug-likeness (QED) is 0.787. The summed E-state index contributed by atoms with van der Waals surface area (Å²) in [7, 11) is 0. The molecule has 0 spiro atoms. The normalized spacial score (nSPS) is 19.1. The van der Waals surface area contributed by atoms with Gasteiger partial charge in [-0.3, -0.25) is 4.79 Å². The van der Waals surface area contributed by atoms with Gasteiger partial charge < -0.3 is 15.8 Å². The van der Waals surface area contributed by atoms with E-state index in [1.165, 1.54) is 0 Å². The van der Waals surface area contributed by atoms with Crippen molar-refractivity contribution in [2.24, 2.45) is 5.73 Å². The lowest BCUT2D eigenvalue weighted by Crippen LogP contribution is -2.32. The highest BCUT2D eigenvalue weighted by molar-refractivity contribution is 7.09. The molecule has 1 atom stereocenters. The number of carbonyl (C=O) groups is 1. The van der Waals surface area contributed by atoms with E-state index in [9.17, 15) is 4.79 Å². The Kier molecular flexibility index (Phi) is 5.10. The number of hydrogen-bond donors (Lipinski definition) is 2. The predicted molar refractivity (Wildman–Crippen MR) is 70.6 cm³/mol. The van der Waals surface area contributed by atoms with Crippen LogP contribution in [0.1, 0.15) is 23.5 Å². The highest BCUT2D eigenvalue weighted by Crippen LogP contribution is 2.12. The number of aromatic nitrogens is 1. The van der Waals surface area contributed by atoms with Crippen LogP contribution < -0.4 is 11.1 Å². The molecule has 0 saturated carbocycles. The minimum Gasteiger partial charge on any atom is -0.376 e. The molecule has 100 valence electrons. The van der Waals surface area contributed by atoms with Crippen LogP contribution in [0, 0.1) is 0 Å². The van der Waals surface area contributed by atoms with E-state index in [4.69, 9.17) is 10.5 Å². The van der Waals surface area contributed by atoms with E-state index in [0.717, 1.165) is 36.6 Å². The van der Waals surface area contributed by atoms with Gasteiger partial charge in [0.1, 0.15) is 0 Å². The van der Waals surface area contributed by atoms with Crippen molar-refractivity contribution in [3.63, 3.8) is 0 Å². The third-order valence-corrected chi connectivity index (χ3v) is 3.81. The molecule has 3 N–H and O–H groups in total. The van der Waals surface area contributed by atoms with Crippen LogP contribution in [-0.2, 0) is 22.4 Å². The maximum absolute atomic E-state index is 11.7. The van der Waals surface area contributed by atoms with Gasteiger partial charge in [-0.15, -0.1) is 11.3 Å². The molecule has 2 heterocycles. The van der Waals surface area contributed by atoms with E-state index in [1.54, 1.807) is 11.3 Å². The largest absolute Gasteiger partial charge is 0.376 e. The SMILES string of the molecule is NCCc1nc(CC(=O)NCC2CCCO2)cs1. The summed E-state index contributed by atoms with van der Waals surface area (Å²) in [4.78, 5) is 16.1. The number of hydrogen-bond acceptors (Lipinski definition) is 5. The van der Waals surface area contributed by atoms with Crippen molar-refractivity contribution in [1.29, 1.82) is 0 Å². The molecule has 1 amide bonds. The summed E-state index contributed by atoms with van der Waals surface area (Å²) in [5.41, 5.74) is 6.29. The maximum Gasteiger partial charge on any atom is 0.226 e. The van der Waals surface area contributed by atoms with Crippen LogP contribution in [0.2, 0.25) is 0 Å². The molecular formula is C12H19N3O2S. The lowest BCUT2D eigenvalue weighted by molar-refractivity contribution is -0.121. The Hall–Kier alpha value is -0.980. The van der Waals surface area contributed by atoms with E-state index in [1.807, 2.05) is 5.38 Å². The Morgan fingerprint density at radius 2 is 2.56 bits per heavy atom. The van der Waals surface area contributed by atoms with E-state index in [0.29, 0.717) is 19.5 Å². The molecule has 18 heavy (non-hydrogen) atoms. The number of nitrogens with zero attached hydrogens (tertiary/aromatic N) is 1. The molecule has 1 saturated heterocycles. The van der Waals surface area contributed by atoms with Crippen molar-refractivity contribution in [3.05, 3.63) is 16.1 Å². The van der Waals surface area contributed by atoms with Gasteiger partial charge in [0.15, 0.2) is 0 Å². The van der Waals surface area contributed by atoms with Crippen LogP contribution >= 0.6 is 11.3 Å². The van der Waals surface area contributed by atoms with Crippen molar-refractivity contribution in [2.75, 3.05) is 19.7 Å². The van der Waals surface area contributed by atoms with Gasteiger partial charge in [-0.2, -0.15) is 0 Å². The molecule has 0 radical (unpaired) electrons. The first-order chi connectivity index (χ1) is 8.78. The predicted octanol–water partition coefficient (Wildman–Crippen LogP) is 0.482. The first kappa shape index (κ1) is 13.5. The van der Waals surface area contributed by atoms with E-state index in [2.05, 4.69) is 10.3 Å². The average Bonchev–Trinajstić information content (AvgIpc) is 2.99. The summed E-state index contributed by atoms with van der Waals surface area (Å²) in [6.45, 7) is 2.02. The van der Waals surface area contributed by atoms with Gasteiger partial charge >= 0.3 is 0 Å². The second kappa shape index (κ2) is 6.82. The van der Waals surface area contributed by atoms with Crippen LogP contribution in [-0.4, -0.2) is 36.7 Å². The zero-order chi connectivity index (χ0) is 12.8. The summed E-state index contributed by atoms with van der Waals surface area (Å²) in [5, 5.41) is 5.82. The summed E-state index contributed by atoms with van der Waals surface area (Å²) in [6.07, 6.45) is 3.44. The van der Waals surface area contributed by atoms with Gasteiger partial charge in [-0.25, -0.2) is 4.98 Å². The second-order valence-electron chi connectivity index (χ2n) is 4.39. The minimum absolute atomic E-state index is 0.00935. The zero-order valence-corrected chi connectivity index (χ0v) is 11.2. The molecule has 0 bridgehead atoms. The standard InChI is InChI=1S/C12H19N3O2S/c13-4-3-12-15-9(8-18-12)6-11(16)14-7-10-2-1-5-17-10/h8,10H,1-7,13H2,(H,14,16). The Bertz CT molecular complexity index is 388. The fourth-order valence-corrected chi connectivity index (χ4v) is 2.74. The fraction of sp³-hybridized carbons (Fsp3) is 0.667. The van der Waals surface area contributed by atoms with Gasteiger partial charge in [0.2, 0.25) is 5.91 Å². The summed E-state index contributed by atoms with van der Waals surface area (Å²) >= 11 is 1.56. The maximum atomic E-state index is 11.7. The molecule has 5 nitrogen and oxygen atoms in total. The van der Waals surface area contributed by atoms with Crippen LogP contribution in [0.4, 0.5) is 0 Å². The first-order valence-corrected chi connectivity index (χ1v) is 7.17. The second-order valence-corrected chi connectivity index (χ2v) is 5.33. The van der Waals surface area contributed by atoms with Crippen molar-refractivity contribution < 1.29 is 9.53 Å². The molecule has 2 rings (SSSR count). The van der Waals surface area contributed by atoms with Gasteiger partial charge in [0.05, 0.1) is 23.2 Å². The fourth-order valence-electron chi connectivity index (χ4n) is 1.93. The highest BCUT2D eigenvalue weighted by atomic mass is 32.1. The average molecular weight is 269 g/mol. The van der Waals surface area contributed by atoms with Crippen molar-refractivity contribution in [3.8, 4) is 0 Å². The first-order valence-electron chi connectivity index (χ1n) is 6.29. The Balaban J connectivity index is 1.72. The van der Waals surface area contributed by atoms with Crippen molar-refractivity contribution >= 4 is 17.2 Å². The van der Waals surface area contributed by atoms with Crippen LogP contribution in [0.3, 0.4) is 0 Å². The molecule has 1 unspecified atom stereocenters. The van der Waals surface area contributed by atoms with Crippen LogP contribution in [0.5, 0.6) is 0 Å². The molecule has 1 aliphatic heterocycles. The van der Waals surface area contributed by atoms with E-state index >= 15 is 0 Å². The number of nitrogens with two attached hydrogens (primary N) is 1. The van der Waals surface area contributed by atoms with E-state index in [-0.39, 0.29) is 12.0 Å². The molecule has 0 aliphatic carbocycles. The third-order valence-electron chi connectivity index (χ3n) is 2.85. The molecule has 0 aromatic carbocycles. The van der Waals surface area contributed by atoms with Crippen LogP contribution in [0.25, 0.3) is 0 Å². The Morgan fingerprint density at radius 1 is 1.67 bits per heavy atom. The number of thiazole rings is 1. The van der Waals surface area contributed by atoms with Crippen molar-refractivity contribution in [2.45, 2.75) is 31.8 Å². The summed E-state index contributed by atoms with van der Waals surface area (Å²) in [6, 6.07) is 0. The molecule has 1 aliphatic rings. The van der Waals surface area contributed by atoms with E-state index < -0.39 is 0 Å². The number of amides is 1. The molecule has 1 fully saturated rings. The number of carbonyl (C=O) groups excluding carboxylic acids is 1. The number of rotatable bonds is 6. The van der Waals surface area contributed by atoms with Gasteiger partial charge in [-0.05, 0) is 19.4 Å². The minimum atomic E-state index is 0.00935. The number of ether oxygens (including phenoxy) is 1. The topological polar surface area (TPSA) is 77.2 Å². The summed E-state index contributed by atoms with van der Waals surface area (Å²) in [5.74, 6) is 0.00935. The lowest BCUT2D eigenvalue weighted by Gasteiger charge is -2.09. The van der Waals surface area contributed by atoms with Gasteiger partial charge in [-0.1, -0.05) is 0 Å². The Morgan fingerprint density at radius 3 is 3.28 bits per heavy atom. The highest BCUT2D eigenvalue weighted by Gasteiger charge is 2.16. The lowest BCUT2D eigenvalue weighted by atomic mass is 10.2. The monoisotopic (exact) mass is 269 g/mol. The van der Waals surface area contributed by atoms with Gasteiger partial charge in [0, 0.05) is 25.0 Å². The Labute approximate surface area is 111 Å². The van der Waals surface area contributed by atoms with Crippen molar-refractivity contribution in [1.82, 2.24) is 10.3 Å². The molecular weight excluding hydrogens is 250 g/mol. The molecule has 1 aromatic rings. The summed E-state index contributed by atoms with van der Waals surface area (Å²) < 4.78 is 5.45. The third kappa shape index (κ3) is 4.04. The molecule has 1 aromatic heterocycles. The smallest absolute Gasteiger partial charge is 0.226 e. The zero-order valence-electron chi connectivity index (χ0n) is 10.4. The van der Waals surface area contributed by atoms with Crippen LogP contribution in [0.15, 0.2) is 5.38 Å². The molecule has 6 heteroatoms.